The number of aryl methyl sites for hydroxylation is 1. The smallest absolute Gasteiger partial charge is 0.368 e. The van der Waals surface area contributed by atoms with Crippen molar-refractivity contribution in [2.24, 2.45) is 0 Å². The number of anilines is 2. The van der Waals surface area contributed by atoms with Crippen LogP contribution in [0.4, 0.5) is 24.7 Å². The first-order valence-corrected chi connectivity index (χ1v) is 7.79. The molecule has 0 amide bonds. The summed E-state index contributed by atoms with van der Waals surface area (Å²) in [4.78, 5) is 9.97. The third kappa shape index (κ3) is 3.65. The van der Waals surface area contributed by atoms with Crippen molar-refractivity contribution in [2.75, 3.05) is 23.3 Å². The predicted molar refractivity (Wildman–Crippen MR) is 87.2 cm³/mol. The summed E-state index contributed by atoms with van der Waals surface area (Å²) in [6.45, 7) is 2.92. The second-order valence-electron chi connectivity index (χ2n) is 5.93. The summed E-state index contributed by atoms with van der Waals surface area (Å²) in [7, 11) is 0. The second kappa shape index (κ2) is 6.59. The van der Waals surface area contributed by atoms with E-state index in [1.807, 2.05) is 13.0 Å². The van der Waals surface area contributed by atoms with Crippen LogP contribution in [0.3, 0.4) is 0 Å². The molecule has 8 heteroatoms. The molecule has 5 nitrogen and oxygen atoms in total. The van der Waals surface area contributed by atoms with Gasteiger partial charge in [0.15, 0.2) is 0 Å². The Hall–Kier alpha value is -2.82. The summed E-state index contributed by atoms with van der Waals surface area (Å²) >= 11 is 0. The highest BCUT2D eigenvalue weighted by molar-refractivity contribution is 5.64. The van der Waals surface area contributed by atoms with Crippen LogP contribution in [0.2, 0.25) is 0 Å². The van der Waals surface area contributed by atoms with E-state index in [0.29, 0.717) is 24.6 Å². The highest BCUT2D eigenvalue weighted by Crippen LogP contribution is 2.36. The zero-order valence-corrected chi connectivity index (χ0v) is 13.5. The van der Waals surface area contributed by atoms with Crippen molar-refractivity contribution in [3.63, 3.8) is 0 Å². The number of nitriles is 1. The molecule has 1 fully saturated rings. The van der Waals surface area contributed by atoms with Crippen molar-refractivity contribution in [2.45, 2.75) is 25.6 Å². The molecule has 130 valence electrons. The van der Waals surface area contributed by atoms with Crippen LogP contribution in [0.15, 0.2) is 30.6 Å². The number of halogens is 3. The van der Waals surface area contributed by atoms with E-state index in [0.717, 1.165) is 18.2 Å². The Morgan fingerprint density at radius 3 is 2.80 bits per heavy atom. The number of aromatic nitrogens is 2. The van der Waals surface area contributed by atoms with Gasteiger partial charge >= 0.3 is 6.18 Å². The van der Waals surface area contributed by atoms with Gasteiger partial charge in [-0.1, -0.05) is 6.07 Å². The van der Waals surface area contributed by atoms with Crippen molar-refractivity contribution in [3.8, 4) is 6.07 Å². The Bertz CT molecular complexity index is 813. The van der Waals surface area contributed by atoms with Gasteiger partial charge in [0.25, 0.3) is 0 Å². The van der Waals surface area contributed by atoms with E-state index in [9.17, 15) is 18.4 Å². The Labute approximate surface area is 143 Å². The minimum Gasteiger partial charge on any atom is -0.368 e. The van der Waals surface area contributed by atoms with Gasteiger partial charge in [0.2, 0.25) is 0 Å². The number of rotatable bonds is 3. The Morgan fingerprint density at radius 2 is 2.12 bits per heavy atom. The lowest BCUT2D eigenvalue weighted by molar-refractivity contribution is -0.137. The van der Waals surface area contributed by atoms with Crippen LogP contribution >= 0.6 is 0 Å². The number of alkyl halides is 3. The van der Waals surface area contributed by atoms with Crippen molar-refractivity contribution < 1.29 is 13.2 Å². The van der Waals surface area contributed by atoms with E-state index in [1.54, 1.807) is 17.0 Å². The van der Waals surface area contributed by atoms with E-state index < -0.39 is 11.7 Å². The molecule has 0 bridgehead atoms. The quantitative estimate of drug-likeness (QED) is 0.922. The maximum atomic E-state index is 13.1. The summed E-state index contributed by atoms with van der Waals surface area (Å²) in [5.41, 5.74) is -0.0682. The molecule has 2 aromatic rings. The highest BCUT2D eigenvalue weighted by Gasteiger charge is 2.36. The fraction of sp³-hybridized carbons (Fsp3) is 0.353. The van der Waals surface area contributed by atoms with Crippen LogP contribution in [-0.2, 0) is 6.18 Å². The van der Waals surface area contributed by atoms with Crippen LogP contribution in [0.1, 0.15) is 23.2 Å². The first-order valence-electron chi connectivity index (χ1n) is 7.79. The standard InChI is InChI=1S/C17H16F3N5/c1-11-7-16(23-10-22-11)24-12-5-6-25(9-12)15-4-2-3-14(13(15)8-21)17(18,19)20/h2-4,7,10,12H,5-6,9H2,1H3,(H,22,23,24). The van der Waals surface area contributed by atoms with Crippen LogP contribution in [0, 0.1) is 18.3 Å². The highest BCUT2D eigenvalue weighted by atomic mass is 19.4. The molecule has 0 spiro atoms. The molecule has 2 heterocycles. The molecule has 1 aromatic heterocycles. The topological polar surface area (TPSA) is 64.8 Å². The number of hydrogen-bond acceptors (Lipinski definition) is 5. The molecular formula is C17H16F3N5. The van der Waals surface area contributed by atoms with Gasteiger partial charge in [0, 0.05) is 30.9 Å². The third-order valence-electron chi connectivity index (χ3n) is 4.14. The average molecular weight is 347 g/mol. The molecule has 3 rings (SSSR count). The van der Waals surface area contributed by atoms with Crippen molar-refractivity contribution in [1.29, 1.82) is 5.26 Å². The zero-order valence-electron chi connectivity index (χ0n) is 13.5. The molecule has 0 saturated carbocycles. The zero-order chi connectivity index (χ0) is 18.0. The van der Waals surface area contributed by atoms with Gasteiger partial charge in [-0.2, -0.15) is 18.4 Å². The maximum absolute atomic E-state index is 13.1. The van der Waals surface area contributed by atoms with Gasteiger partial charge in [-0.15, -0.1) is 0 Å². The minimum atomic E-state index is -4.54. The van der Waals surface area contributed by atoms with E-state index in [-0.39, 0.29) is 11.6 Å². The normalized spacial score (nSPS) is 17.4. The van der Waals surface area contributed by atoms with Crippen LogP contribution < -0.4 is 10.2 Å². The van der Waals surface area contributed by atoms with Crippen LogP contribution in [-0.4, -0.2) is 29.1 Å². The van der Waals surface area contributed by atoms with Gasteiger partial charge in [-0.05, 0) is 25.5 Å². The summed E-state index contributed by atoms with van der Waals surface area (Å²) in [5, 5.41) is 12.5. The lowest BCUT2D eigenvalue weighted by atomic mass is 10.1. The second-order valence-corrected chi connectivity index (χ2v) is 5.93. The average Bonchev–Trinajstić information content (AvgIpc) is 3.01. The van der Waals surface area contributed by atoms with Gasteiger partial charge in [0.05, 0.1) is 16.8 Å². The summed E-state index contributed by atoms with van der Waals surface area (Å²) in [6, 6.07) is 7.41. The molecule has 1 aromatic carbocycles. The fourth-order valence-electron chi connectivity index (χ4n) is 3.00. The lowest BCUT2D eigenvalue weighted by Gasteiger charge is -2.22. The van der Waals surface area contributed by atoms with Gasteiger partial charge in [-0.25, -0.2) is 9.97 Å². The lowest BCUT2D eigenvalue weighted by Crippen LogP contribution is -2.27. The number of hydrogen-bond donors (Lipinski definition) is 1. The monoisotopic (exact) mass is 347 g/mol. The van der Waals surface area contributed by atoms with Gasteiger partial charge in [0.1, 0.15) is 18.2 Å². The molecule has 0 radical (unpaired) electrons. The Morgan fingerprint density at radius 1 is 1.32 bits per heavy atom. The molecule has 25 heavy (non-hydrogen) atoms. The molecule has 1 saturated heterocycles. The van der Waals surface area contributed by atoms with Crippen LogP contribution in [0.25, 0.3) is 0 Å². The van der Waals surface area contributed by atoms with Crippen molar-refractivity contribution in [1.82, 2.24) is 9.97 Å². The predicted octanol–water partition coefficient (Wildman–Crippen LogP) is 3.37. The van der Waals surface area contributed by atoms with E-state index in [4.69, 9.17) is 0 Å². The van der Waals surface area contributed by atoms with Gasteiger partial charge in [-0.3, -0.25) is 0 Å². The minimum absolute atomic E-state index is 0.0374. The van der Waals surface area contributed by atoms with Gasteiger partial charge < -0.3 is 10.2 Å². The molecule has 1 N–H and O–H groups in total. The van der Waals surface area contributed by atoms with E-state index >= 15 is 0 Å². The van der Waals surface area contributed by atoms with Crippen molar-refractivity contribution in [3.05, 3.63) is 47.4 Å². The molecule has 0 aliphatic carbocycles. The summed E-state index contributed by atoms with van der Waals surface area (Å²) < 4.78 is 39.3. The first kappa shape index (κ1) is 17.0. The fourth-order valence-corrected chi connectivity index (χ4v) is 3.00. The number of nitrogens with zero attached hydrogens (tertiary/aromatic N) is 4. The molecular weight excluding hydrogens is 331 g/mol. The largest absolute Gasteiger partial charge is 0.417 e. The molecule has 1 aliphatic heterocycles. The molecule has 1 atom stereocenters. The van der Waals surface area contributed by atoms with E-state index in [1.165, 1.54) is 12.4 Å². The Balaban J connectivity index is 1.79. The first-order chi connectivity index (χ1) is 11.9. The summed E-state index contributed by atoms with van der Waals surface area (Å²) in [6.07, 6.45) is -2.34. The number of benzene rings is 1. The summed E-state index contributed by atoms with van der Waals surface area (Å²) in [5.74, 6) is 0.684. The molecule has 1 unspecified atom stereocenters. The number of nitrogens with one attached hydrogen (secondary N) is 1. The van der Waals surface area contributed by atoms with E-state index in [2.05, 4.69) is 15.3 Å². The van der Waals surface area contributed by atoms with Crippen molar-refractivity contribution >= 4 is 11.5 Å². The SMILES string of the molecule is Cc1cc(NC2CCN(c3cccc(C(F)(F)F)c3C#N)C2)ncn1. The Kier molecular flexibility index (Phi) is 4.49. The third-order valence-corrected chi connectivity index (χ3v) is 4.14. The maximum Gasteiger partial charge on any atom is 0.417 e. The molecule has 1 aliphatic rings. The van der Waals surface area contributed by atoms with Crippen LogP contribution in [0.5, 0.6) is 0 Å².